The number of hydrogen-bond acceptors (Lipinski definition) is 3. The normalized spacial score (nSPS) is 13.6. The second-order valence-electron chi connectivity index (χ2n) is 8.66. The van der Waals surface area contributed by atoms with Crippen LogP contribution in [0.5, 0.6) is 0 Å². The van der Waals surface area contributed by atoms with Gasteiger partial charge in [-0.05, 0) is 48.1 Å². The molecule has 0 saturated carbocycles. The van der Waals surface area contributed by atoms with Crippen molar-refractivity contribution in [3.05, 3.63) is 52.5 Å². The molecule has 5 heteroatoms. The lowest BCUT2D eigenvalue weighted by molar-refractivity contribution is -0.117. The first kappa shape index (κ1) is 19.3. The monoisotopic (exact) mass is 369 g/mol. The number of benzene rings is 1. The van der Waals surface area contributed by atoms with E-state index in [-0.39, 0.29) is 17.1 Å². The lowest BCUT2D eigenvalue weighted by Crippen LogP contribution is -2.21. The number of pyridine rings is 1. The van der Waals surface area contributed by atoms with Crippen molar-refractivity contribution < 1.29 is 9.18 Å². The molecule has 0 unspecified atom stereocenters. The second kappa shape index (κ2) is 7.29. The van der Waals surface area contributed by atoms with Gasteiger partial charge in [-0.1, -0.05) is 32.9 Å². The molecule has 144 valence electrons. The van der Waals surface area contributed by atoms with Crippen molar-refractivity contribution in [2.75, 3.05) is 16.8 Å². The third-order valence-electron chi connectivity index (χ3n) is 4.77. The first-order chi connectivity index (χ1) is 12.6. The van der Waals surface area contributed by atoms with Gasteiger partial charge >= 0.3 is 0 Å². The molecule has 1 aromatic heterocycles. The summed E-state index contributed by atoms with van der Waals surface area (Å²) < 4.78 is 13.5. The van der Waals surface area contributed by atoms with Gasteiger partial charge in [-0.25, -0.2) is 9.37 Å². The van der Waals surface area contributed by atoms with E-state index in [0.29, 0.717) is 17.8 Å². The van der Waals surface area contributed by atoms with Gasteiger partial charge < -0.3 is 10.2 Å². The largest absolute Gasteiger partial charge is 0.365 e. The maximum Gasteiger partial charge on any atom is 0.226 e. The predicted molar refractivity (Wildman–Crippen MR) is 108 cm³/mol. The number of nitrogens with one attached hydrogen (secondary N) is 1. The summed E-state index contributed by atoms with van der Waals surface area (Å²) in [5.41, 5.74) is 4.76. The van der Waals surface area contributed by atoms with Crippen LogP contribution < -0.4 is 10.2 Å². The zero-order valence-electron chi connectivity index (χ0n) is 16.8. The summed E-state index contributed by atoms with van der Waals surface area (Å²) in [5, 5.41) is 2.96. The van der Waals surface area contributed by atoms with E-state index in [9.17, 15) is 9.18 Å². The van der Waals surface area contributed by atoms with Gasteiger partial charge in [0.15, 0.2) is 0 Å². The van der Waals surface area contributed by atoms with Crippen molar-refractivity contribution in [1.82, 2.24) is 4.98 Å². The number of carbonyl (C=O) groups is 1. The molecular formula is C22H28FN3O. The van der Waals surface area contributed by atoms with Gasteiger partial charge in [-0.2, -0.15) is 0 Å². The van der Waals surface area contributed by atoms with Gasteiger partial charge in [0.1, 0.15) is 11.6 Å². The SMILES string of the molecule is Cc1cc(CN2CCc3nc(NC(=O)CC(C)(C)C)c(C)cc32)ccc1F. The Bertz CT molecular complexity index is 871. The standard InChI is InChI=1S/C22H28FN3O/c1-14-10-16(6-7-17(14)23)13-26-9-8-18-19(26)11-15(2)21(24-18)25-20(27)12-22(3,4)5/h6-7,10-11H,8-9,12-13H2,1-5H3,(H,24,25,27). The lowest BCUT2D eigenvalue weighted by Gasteiger charge is -2.21. The summed E-state index contributed by atoms with van der Waals surface area (Å²) in [6.45, 7) is 11.5. The molecule has 1 N–H and O–H groups in total. The Morgan fingerprint density at radius 2 is 1.96 bits per heavy atom. The van der Waals surface area contributed by atoms with E-state index in [1.165, 1.54) is 6.07 Å². The molecule has 0 radical (unpaired) electrons. The molecule has 0 spiro atoms. The number of aryl methyl sites for hydroxylation is 2. The van der Waals surface area contributed by atoms with E-state index in [4.69, 9.17) is 4.98 Å². The zero-order chi connectivity index (χ0) is 19.8. The number of hydrogen-bond donors (Lipinski definition) is 1. The molecule has 4 nitrogen and oxygen atoms in total. The molecule has 0 fully saturated rings. The third-order valence-corrected chi connectivity index (χ3v) is 4.77. The molecule has 2 aromatic rings. The fraction of sp³-hybridized carbons (Fsp3) is 0.455. The van der Waals surface area contributed by atoms with Crippen molar-refractivity contribution >= 4 is 17.4 Å². The maximum atomic E-state index is 13.5. The fourth-order valence-electron chi connectivity index (χ4n) is 3.43. The molecule has 2 heterocycles. The minimum atomic E-state index is -0.172. The molecule has 0 saturated heterocycles. The van der Waals surface area contributed by atoms with Crippen LogP contribution in [-0.4, -0.2) is 17.4 Å². The molecule has 1 amide bonds. The Balaban J connectivity index is 1.76. The van der Waals surface area contributed by atoms with Gasteiger partial charge in [-0.15, -0.1) is 0 Å². The Labute approximate surface area is 160 Å². The molecule has 3 rings (SSSR count). The molecule has 0 atom stereocenters. The smallest absolute Gasteiger partial charge is 0.226 e. The van der Waals surface area contributed by atoms with E-state index in [2.05, 4.69) is 16.3 Å². The Morgan fingerprint density at radius 1 is 1.22 bits per heavy atom. The number of carbonyl (C=O) groups excluding carboxylic acids is 1. The summed E-state index contributed by atoms with van der Waals surface area (Å²) in [6.07, 6.45) is 1.30. The van der Waals surface area contributed by atoms with Crippen LogP contribution in [0.4, 0.5) is 15.9 Å². The van der Waals surface area contributed by atoms with E-state index in [1.54, 1.807) is 6.92 Å². The van der Waals surface area contributed by atoms with Gasteiger partial charge in [0, 0.05) is 25.9 Å². The van der Waals surface area contributed by atoms with E-state index in [1.807, 2.05) is 39.8 Å². The highest BCUT2D eigenvalue weighted by molar-refractivity contribution is 5.91. The number of amides is 1. The van der Waals surface area contributed by atoms with Crippen LogP contribution in [-0.2, 0) is 17.8 Å². The molecule has 0 aliphatic carbocycles. The Kier molecular flexibility index (Phi) is 5.22. The van der Waals surface area contributed by atoms with Crippen molar-refractivity contribution in [3.8, 4) is 0 Å². The number of rotatable bonds is 4. The number of halogens is 1. The number of aromatic nitrogens is 1. The minimum absolute atomic E-state index is 0.00492. The Morgan fingerprint density at radius 3 is 2.63 bits per heavy atom. The van der Waals surface area contributed by atoms with E-state index >= 15 is 0 Å². The second-order valence-corrected chi connectivity index (χ2v) is 8.66. The fourth-order valence-corrected chi connectivity index (χ4v) is 3.43. The van der Waals surface area contributed by atoms with Crippen LogP contribution in [0, 0.1) is 25.1 Å². The highest BCUT2D eigenvalue weighted by atomic mass is 19.1. The van der Waals surface area contributed by atoms with Crippen LogP contribution in [0.3, 0.4) is 0 Å². The topological polar surface area (TPSA) is 45.2 Å². The number of nitrogens with zero attached hydrogens (tertiary/aromatic N) is 2. The van der Waals surface area contributed by atoms with Crippen LogP contribution in [0.15, 0.2) is 24.3 Å². The zero-order valence-corrected chi connectivity index (χ0v) is 16.8. The number of anilines is 2. The van der Waals surface area contributed by atoms with Crippen LogP contribution in [0.1, 0.15) is 49.6 Å². The summed E-state index contributed by atoms with van der Waals surface area (Å²) in [7, 11) is 0. The molecular weight excluding hydrogens is 341 g/mol. The quantitative estimate of drug-likeness (QED) is 0.844. The molecule has 1 aliphatic rings. The number of fused-ring (bicyclic) bond motifs is 1. The van der Waals surface area contributed by atoms with Gasteiger partial charge in [0.2, 0.25) is 5.91 Å². The van der Waals surface area contributed by atoms with Crippen LogP contribution in [0.25, 0.3) is 0 Å². The minimum Gasteiger partial charge on any atom is -0.365 e. The molecule has 27 heavy (non-hydrogen) atoms. The summed E-state index contributed by atoms with van der Waals surface area (Å²) in [4.78, 5) is 19.2. The highest BCUT2D eigenvalue weighted by Gasteiger charge is 2.23. The van der Waals surface area contributed by atoms with Crippen molar-refractivity contribution in [1.29, 1.82) is 0 Å². The average molecular weight is 369 g/mol. The van der Waals surface area contributed by atoms with Crippen LogP contribution >= 0.6 is 0 Å². The first-order valence-corrected chi connectivity index (χ1v) is 9.43. The maximum absolute atomic E-state index is 13.5. The van der Waals surface area contributed by atoms with Crippen molar-refractivity contribution in [2.45, 2.75) is 54.0 Å². The van der Waals surface area contributed by atoms with E-state index < -0.39 is 0 Å². The summed E-state index contributed by atoms with van der Waals surface area (Å²) in [6, 6.07) is 7.35. The summed E-state index contributed by atoms with van der Waals surface area (Å²) >= 11 is 0. The van der Waals surface area contributed by atoms with Crippen LogP contribution in [0.2, 0.25) is 0 Å². The molecule has 1 aromatic carbocycles. The first-order valence-electron chi connectivity index (χ1n) is 9.43. The van der Waals surface area contributed by atoms with Gasteiger partial charge in [0.05, 0.1) is 11.4 Å². The predicted octanol–water partition coefficient (Wildman–Crippen LogP) is 4.77. The third kappa shape index (κ3) is 4.65. The Hall–Kier alpha value is -2.43. The summed E-state index contributed by atoms with van der Waals surface area (Å²) in [5.74, 6) is 0.478. The van der Waals surface area contributed by atoms with Crippen molar-refractivity contribution in [2.24, 2.45) is 5.41 Å². The van der Waals surface area contributed by atoms with Crippen molar-refractivity contribution in [3.63, 3.8) is 0 Å². The average Bonchev–Trinajstić information content (AvgIpc) is 2.91. The molecule has 1 aliphatic heterocycles. The van der Waals surface area contributed by atoms with E-state index in [0.717, 1.165) is 42.0 Å². The van der Waals surface area contributed by atoms with Gasteiger partial charge in [0.25, 0.3) is 0 Å². The highest BCUT2D eigenvalue weighted by Crippen LogP contribution is 2.32. The lowest BCUT2D eigenvalue weighted by atomic mass is 9.92. The van der Waals surface area contributed by atoms with Gasteiger partial charge in [-0.3, -0.25) is 4.79 Å². The molecule has 0 bridgehead atoms.